The fraction of sp³-hybridized carbons (Fsp3) is 0.273. The number of hydrogen-bond donors (Lipinski definition) is 1. The van der Waals surface area contributed by atoms with Crippen molar-refractivity contribution in [3.8, 4) is 0 Å². The van der Waals surface area contributed by atoms with Crippen molar-refractivity contribution in [2.45, 2.75) is 27.7 Å². The van der Waals surface area contributed by atoms with E-state index in [-0.39, 0.29) is 11.7 Å². The van der Waals surface area contributed by atoms with Crippen LogP contribution < -0.4 is 5.32 Å². The molecule has 144 valence electrons. The monoisotopic (exact) mass is 376 g/mol. The third-order valence-electron chi connectivity index (χ3n) is 4.69. The smallest absolute Gasteiger partial charge is 0.257 e. The molecule has 0 atom stereocenters. The summed E-state index contributed by atoms with van der Waals surface area (Å²) in [5, 5.41) is 4.10. The van der Waals surface area contributed by atoms with Crippen LogP contribution in [-0.4, -0.2) is 39.6 Å². The number of pyridine rings is 2. The number of aromatic nitrogens is 2. The van der Waals surface area contributed by atoms with Gasteiger partial charge < -0.3 is 10.2 Å². The number of fused-ring (bicyclic) bond motifs is 1. The van der Waals surface area contributed by atoms with Crippen molar-refractivity contribution in [1.82, 2.24) is 14.9 Å². The number of nitrogens with zero attached hydrogens (tertiary/aromatic N) is 3. The summed E-state index contributed by atoms with van der Waals surface area (Å²) in [7, 11) is 0. The zero-order valence-electron chi connectivity index (χ0n) is 16.6. The lowest BCUT2D eigenvalue weighted by Gasteiger charge is -2.21. The summed E-state index contributed by atoms with van der Waals surface area (Å²) in [6.45, 7) is 8.55. The topological polar surface area (TPSA) is 75.2 Å². The molecule has 0 aliphatic heterocycles. The lowest BCUT2D eigenvalue weighted by molar-refractivity contribution is 0.0773. The quantitative estimate of drug-likeness (QED) is 0.647. The van der Waals surface area contributed by atoms with Crippen LogP contribution in [0.15, 0.2) is 42.6 Å². The van der Waals surface area contributed by atoms with Gasteiger partial charge in [-0.05, 0) is 52.0 Å². The molecule has 0 saturated heterocycles. The van der Waals surface area contributed by atoms with Gasteiger partial charge in [-0.25, -0.2) is 9.97 Å². The van der Waals surface area contributed by atoms with E-state index in [1.54, 1.807) is 23.2 Å². The van der Waals surface area contributed by atoms with E-state index in [2.05, 4.69) is 15.3 Å². The Morgan fingerprint density at radius 1 is 1.11 bits per heavy atom. The van der Waals surface area contributed by atoms with Crippen LogP contribution in [0.3, 0.4) is 0 Å². The van der Waals surface area contributed by atoms with E-state index in [0.717, 1.165) is 16.8 Å². The van der Waals surface area contributed by atoms with Crippen LogP contribution in [0.2, 0.25) is 0 Å². The Morgan fingerprint density at radius 3 is 2.54 bits per heavy atom. The van der Waals surface area contributed by atoms with Gasteiger partial charge in [-0.2, -0.15) is 0 Å². The van der Waals surface area contributed by atoms with Crippen molar-refractivity contribution in [2.24, 2.45) is 0 Å². The number of anilines is 2. The van der Waals surface area contributed by atoms with Gasteiger partial charge in [-0.15, -0.1) is 0 Å². The van der Waals surface area contributed by atoms with Crippen LogP contribution in [-0.2, 0) is 0 Å². The second-order valence-electron chi connectivity index (χ2n) is 6.61. The van der Waals surface area contributed by atoms with Crippen molar-refractivity contribution >= 4 is 34.1 Å². The van der Waals surface area contributed by atoms with E-state index in [1.807, 2.05) is 45.0 Å². The van der Waals surface area contributed by atoms with Gasteiger partial charge in [0.25, 0.3) is 5.91 Å². The number of aryl methyl sites for hydroxylation is 1. The summed E-state index contributed by atoms with van der Waals surface area (Å²) in [4.78, 5) is 35.4. The molecule has 1 amide bonds. The first-order valence-corrected chi connectivity index (χ1v) is 9.38. The minimum atomic E-state index is -0.0924. The molecule has 28 heavy (non-hydrogen) atoms. The molecule has 0 aliphatic rings. The number of carbonyl (C=O) groups is 2. The molecular weight excluding hydrogens is 352 g/mol. The first-order chi connectivity index (χ1) is 13.4. The molecule has 0 fully saturated rings. The largest absolute Gasteiger partial charge is 0.354 e. The van der Waals surface area contributed by atoms with Crippen LogP contribution >= 0.6 is 0 Å². The first kappa shape index (κ1) is 19.5. The van der Waals surface area contributed by atoms with Crippen molar-refractivity contribution in [1.29, 1.82) is 0 Å². The van der Waals surface area contributed by atoms with Crippen molar-refractivity contribution in [2.75, 3.05) is 18.4 Å². The number of ketones is 1. The van der Waals surface area contributed by atoms with Gasteiger partial charge in [0, 0.05) is 41.6 Å². The molecule has 2 aromatic heterocycles. The number of nitrogens with one attached hydrogen (secondary N) is 1. The molecule has 6 nitrogen and oxygen atoms in total. The van der Waals surface area contributed by atoms with E-state index in [9.17, 15) is 9.59 Å². The summed E-state index contributed by atoms with van der Waals surface area (Å²) in [6.07, 6.45) is 1.58. The highest BCUT2D eigenvalue weighted by Crippen LogP contribution is 2.30. The summed E-state index contributed by atoms with van der Waals surface area (Å²) in [5.74, 6) is -0.106. The molecule has 2 heterocycles. The van der Waals surface area contributed by atoms with Gasteiger partial charge in [0.2, 0.25) is 0 Å². The number of benzene rings is 1. The molecule has 3 rings (SSSR count). The van der Waals surface area contributed by atoms with Crippen LogP contribution in [0.1, 0.15) is 47.2 Å². The first-order valence-electron chi connectivity index (χ1n) is 9.38. The van der Waals surface area contributed by atoms with Crippen LogP contribution in [0.5, 0.6) is 0 Å². The molecule has 0 aliphatic carbocycles. The minimum Gasteiger partial charge on any atom is -0.354 e. The summed E-state index contributed by atoms with van der Waals surface area (Å²) in [5.41, 5.74) is 3.89. The predicted octanol–water partition coefficient (Wildman–Crippen LogP) is 4.37. The van der Waals surface area contributed by atoms with Gasteiger partial charge in [0.1, 0.15) is 0 Å². The van der Waals surface area contributed by atoms with Gasteiger partial charge in [-0.1, -0.05) is 12.1 Å². The lowest BCUT2D eigenvalue weighted by atomic mass is 10.1. The number of carbonyl (C=O) groups excluding carboxylic acids is 2. The maximum atomic E-state index is 13.1. The van der Waals surface area contributed by atoms with Crippen LogP contribution in [0, 0.1) is 6.92 Å². The molecule has 0 bridgehead atoms. The van der Waals surface area contributed by atoms with Crippen LogP contribution in [0.25, 0.3) is 11.0 Å². The molecule has 0 saturated carbocycles. The molecule has 1 aromatic carbocycles. The number of Topliss-reactive ketones (excluding diaryl/α,β-unsaturated/α-hetero) is 1. The molecular formula is C22H24N4O2. The predicted molar refractivity (Wildman–Crippen MR) is 111 cm³/mol. The Hall–Kier alpha value is -3.28. The van der Waals surface area contributed by atoms with Crippen molar-refractivity contribution in [3.63, 3.8) is 0 Å². The Balaban J connectivity index is 2.16. The summed E-state index contributed by atoms with van der Waals surface area (Å²) in [6, 6.07) is 11.0. The maximum absolute atomic E-state index is 13.1. The zero-order chi connectivity index (χ0) is 20.3. The zero-order valence-corrected chi connectivity index (χ0v) is 16.6. The molecule has 6 heteroatoms. The second-order valence-corrected chi connectivity index (χ2v) is 6.61. The highest BCUT2D eigenvalue weighted by molar-refractivity contribution is 6.07. The third-order valence-corrected chi connectivity index (χ3v) is 4.69. The maximum Gasteiger partial charge on any atom is 0.257 e. The normalized spacial score (nSPS) is 10.7. The standard InChI is InChI=1S/C22H24N4O2/c1-5-26(6-2)22(28)19-13-23-21-18(11-10-14(3)24-21)20(19)25-17-9-7-8-16(12-17)15(4)27/h7-13H,5-6H2,1-4H3,(H,23,24,25). The molecule has 3 aromatic rings. The number of rotatable bonds is 6. The Morgan fingerprint density at radius 2 is 1.86 bits per heavy atom. The van der Waals surface area contributed by atoms with Gasteiger partial charge in [0.15, 0.2) is 11.4 Å². The molecule has 1 N–H and O–H groups in total. The molecule has 0 unspecified atom stereocenters. The highest BCUT2D eigenvalue weighted by atomic mass is 16.2. The Labute approximate surface area is 164 Å². The van der Waals surface area contributed by atoms with E-state index in [1.165, 1.54) is 6.92 Å². The molecule has 0 spiro atoms. The summed E-state index contributed by atoms with van der Waals surface area (Å²) < 4.78 is 0. The van der Waals surface area contributed by atoms with Crippen LogP contribution in [0.4, 0.5) is 11.4 Å². The molecule has 0 radical (unpaired) electrons. The Kier molecular flexibility index (Phi) is 5.68. The Bertz CT molecular complexity index is 1040. The van der Waals surface area contributed by atoms with E-state index in [0.29, 0.717) is 35.6 Å². The van der Waals surface area contributed by atoms with Gasteiger partial charge >= 0.3 is 0 Å². The SMILES string of the molecule is CCN(CC)C(=O)c1cnc2nc(C)ccc2c1Nc1cccc(C(C)=O)c1. The van der Waals surface area contributed by atoms with E-state index < -0.39 is 0 Å². The fourth-order valence-electron chi connectivity index (χ4n) is 3.11. The average molecular weight is 376 g/mol. The fourth-order valence-corrected chi connectivity index (χ4v) is 3.11. The van der Waals surface area contributed by atoms with Gasteiger partial charge in [-0.3, -0.25) is 9.59 Å². The minimum absolute atomic E-state index is 0.0139. The summed E-state index contributed by atoms with van der Waals surface area (Å²) >= 11 is 0. The average Bonchev–Trinajstić information content (AvgIpc) is 2.69. The second kappa shape index (κ2) is 8.17. The van der Waals surface area contributed by atoms with Crippen molar-refractivity contribution in [3.05, 3.63) is 59.4 Å². The van der Waals surface area contributed by atoms with Crippen molar-refractivity contribution < 1.29 is 9.59 Å². The number of amides is 1. The van der Waals surface area contributed by atoms with Gasteiger partial charge in [0.05, 0.1) is 11.3 Å². The lowest BCUT2D eigenvalue weighted by Crippen LogP contribution is -2.31. The van der Waals surface area contributed by atoms with E-state index in [4.69, 9.17) is 0 Å². The van der Waals surface area contributed by atoms with E-state index >= 15 is 0 Å². The highest BCUT2D eigenvalue weighted by Gasteiger charge is 2.20. The third kappa shape index (κ3) is 3.86. The number of hydrogen-bond acceptors (Lipinski definition) is 5.